The minimum Gasteiger partial charge on any atom is -0.475 e. The zero-order chi connectivity index (χ0) is 38.5. The minimum absolute atomic E-state index is 0.0477. The van der Waals surface area contributed by atoms with Crippen molar-refractivity contribution < 1.29 is 54.8 Å². The van der Waals surface area contributed by atoms with Crippen LogP contribution in [0.1, 0.15) is 21.1 Å². The molecular weight excluding hydrogens is 765 g/mol. The molecule has 0 aromatic carbocycles. The molecule has 6 rings (SSSR count). The largest absolute Gasteiger partial charge is 0.475 e. The van der Waals surface area contributed by atoms with Gasteiger partial charge in [-0.2, -0.15) is 26.3 Å². The van der Waals surface area contributed by atoms with Gasteiger partial charge in [0.05, 0.1) is 30.2 Å². The van der Waals surface area contributed by atoms with E-state index < -0.39 is 37.4 Å². The Kier molecular flexibility index (Phi) is 12.4. The average Bonchev–Trinajstić information content (AvgIpc) is 3.79. The van der Waals surface area contributed by atoms with E-state index in [9.17, 15) is 35.9 Å². The highest BCUT2D eigenvalue weighted by atomic mass is 35.5. The van der Waals surface area contributed by atoms with E-state index >= 15 is 0 Å². The number of esters is 1. The topological polar surface area (TPSA) is 154 Å². The monoisotopic (exact) mass is 794 g/mol. The molecule has 0 aliphatic carbocycles. The number of nitrogens with zero attached hydrogens (tertiary/aromatic N) is 8. The number of aromatic carboxylic acids is 1. The molecular formula is C31H30Cl2F6N8O6. The Morgan fingerprint density at radius 2 is 1.11 bits per heavy atom. The van der Waals surface area contributed by atoms with Gasteiger partial charge in [0.25, 0.3) is 0 Å². The maximum absolute atomic E-state index is 12.5. The van der Waals surface area contributed by atoms with E-state index in [0.717, 1.165) is 0 Å². The number of carbonyl (C=O) groups excluding carboxylic acids is 1. The van der Waals surface area contributed by atoms with Crippen LogP contribution in [0, 0.1) is 0 Å². The van der Waals surface area contributed by atoms with Crippen LogP contribution in [-0.4, -0.2) is 132 Å². The molecule has 2 saturated heterocycles. The summed E-state index contributed by atoms with van der Waals surface area (Å²) in [6, 6.07) is 5.85. The molecule has 0 radical (unpaired) electrons. The van der Waals surface area contributed by atoms with Gasteiger partial charge in [0.15, 0.2) is 0 Å². The van der Waals surface area contributed by atoms with Gasteiger partial charge in [0.1, 0.15) is 23.0 Å². The van der Waals surface area contributed by atoms with Gasteiger partial charge < -0.3 is 28.7 Å². The standard InChI is InChI=1S/C16H16ClF3N4O3.C15H14ClF3N4O3/c1-26-15(25)13-7-12(22-27-13)10-6-11(17)14(21-8-10)24-4-2-23(3-5-24)9-16(18,19)20;16-10-5-9(11-6-12(14(24)25)26-21-11)7-20-13(10)23-3-1-22(2-4-23)8-15(17,18)19/h6-8H,2-5,9H2,1H3;5-7H,1-4,8H2,(H,24,25). The van der Waals surface area contributed by atoms with Crippen molar-refractivity contribution in [3.8, 4) is 22.5 Å². The molecule has 2 aliphatic heterocycles. The number of aromatic nitrogens is 4. The summed E-state index contributed by atoms with van der Waals surface area (Å²) >= 11 is 12.6. The minimum atomic E-state index is -4.22. The van der Waals surface area contributed by atoms with E-state index in [4.69, 9.17) is 37.4 Å². The number of anilines is 2. The van der Waals surface area contributed by atoms with Crippen molar-refractivity contribution in [3.63, 3.8) is 0 Å². The number of pyridine rings is 2. The predicted molar refractivity (Wildman–Crippen MR) is 177 cm³/mol. The number of hydrogen-bond acceptors (Lipinski definition) is 13. The summed E-state index contributed by atoms with van der Waals surface area (Å²) in [7, 11) is 1.23. The molecule has 4 aromatic rings. The second-order valence-electron chi connectivity index (χ2n) is 11.8. The Hall–Kier alpha value is -4.66. The fourth-order valence-electron chi connectivity index (χ4n) is 5.47. The number of hydrogen-bond donors (Lipinski definition) is 1. The molecule has 14 nitrogen and oxygen atoms in total. The lowest BCUT2D eigenvalue weighted by molar-refractivity contribution is -0.147. The summed E-state index contributed by atoms with van der Waals surface area (Å²) in [5.41, 5.74) is 1.66. The van der Waals surface area contributed by atoms with E-state index in [1.165, 1.54) is 41.4 Å². The van der Waals surface area contributed by atoms with Crippen molar-refractivity contribution >= 4 is 46.8 Å². The summed E-state index contributed by atoms with van der Waals surface area (Å²) < 4.78 is 88.9. The zero-order valence-corrected chi connectivity index (χ0v) is 29.1. The van der Waals surface area contributed by atoms with Crippen LogP contribution >= 0.6 is 23.2 Å². The third-order valence-corrected chi connectivity index (χ3v) is 8.56. The third kappa shape index (κ3) is 10.7. The molecule has 0 bridgehead atoms. The summed E-state index contributed by atoms with van der Waals surface area (Å²) in [5.74, 6) is -1.29. The van der Waals surface area contributed by atoms with Gasteiger partial charge in [0.2, 0.25) is 11.5 Å². The van der Waals surface area contributed by atoms with Crippen LogP contribution in [-0.2, 0) is 4.74 Å². The lowest BCUT2D eigenvalue weighted by Gasteiger charge is -2.36. The van der Waals surface area contributed by atoms with E-state index in [1.54, 1.807) is 12.1 Å². The molecule has 0 atom stereocenters. The van der Waals surface area contributed by atoms with Crippen LogP contribution in [0.15, 0.2) is 45.7 Å². The van der Waals surface area contributed by atoms with Crippen molar-refractivity contribution in [2.45, 2.75) is 12.4 Å². The maximum atomic E-state index is 12.5. The fraction of sp³-hybridized carbons (Fsp3) is 0.419. The summed E-state index contributed by atoms with van der Waals surface area (Å²) in [6.07, 6.45) is -5.44. The van der Waals surface area contributed by atoms with E-state index in [1.807, 2.05) is 9.80 Å². The van der Waals surface area contributed by atoms with Crippen molar-refractivity contribution in [3.05, 3.63) is 58.2 Å². The van der Waals surface area contributed by atoms with Crippen LogP contribution in [0.5, 0.6) is 0 Å². The average molecular weight is 796 g/mol. The molecule has 0 amide bonds. The van der Waals surface area contributed by atoms with E-state index in [-0.39, 0.29) is 43.4 Å². The predicted octanol–water partition coefficient (Wildman–Crippen LogP) is 5.63. The highest BCUT2D eigenvalue weighted by Gasteiger charge is 2.34. The first-order valence-electron chi connectivity index (χ1n) is 15.6. The van der Waals surface area contributed by atoms with E-state index in [0.29, 0.717) is 64.7 Å². The first kappa shape index (κ1) is 39.5. The molecule has 4 aromatic heterocycles. The number of halogens is 8. The Balaban J connectivity index is 0.000000204. The van der Waals surface area contributed by atoms with Gasteiger partial charge in [-0.05, 0) is 12.1 Å². The lowest BCUT2D eigenvalue weighted by atomic mass is 10.2. The molecule has 1 N–H and O–H groups in total. The molecule has 6 heterocycles. The second kappa shape index (κ2) is 16.6. The van der Waals surface area contributed by atoms with Gasteiger partial charge in [-0.25, -0.2) is 19.6 Å². The highest BCUT2D eigenvalue weighted by molar-refractivity contribution is 6.33. The molecule has 2 aliphatic rings. The normalized spacial score (nSPS) is 15.9. The Labute approximate surface area is 306 Å². The Bertz CT molecular complexity index is 1890. The first-order valence-corrected chi connectivity index (χ1v) is 16.4. The molecule has 0 saturated carbocycles. The molecule has 0 unspecified atom stereocenters. The van der Waals surface area contributed by atoms with Gasteiger partial charge in [-0.15, -0.1) is 0 Å². The number of carboxylic acid groups (broad SMARTS) is 1. The lowest BCUT2D eigenvalue weighted by Crippen LogP contribution is -2.49. The zero-order valence-electron chi connectivity index (χ0n) is 27.6. The van der Waals surface area contributed by atoms with Gasteiger partial charge in [0, 0.05) is 88.0 Å². The quantitative estimate of drug-likeness (QED) is 0.173. The van der Waals surface area contributed by atoms with Crippen molar-refractivity contribution in [2.75, 3.05) is 82.4 Å². The molecule has 2 fully saturated rings. The highest BCUT2D eigenvalue weighted by Crippen LogP contribution is 2.31. The molecule has 53 heavy (non-hydrogen) atoms. The number of carboxylic acids is 1. The fourth-order valence-corrected chi connectivity index (χ4v) is 6.04. The van der Waals surface area contributed by atoms with Crippen LogP contribution in [0.2, 0.25) is 10.0 Å². The number of alkyl halides is 6. The number of piperazine rings is 2. The van der Waals surface area contributed by atoms with Gasteiger partial charge >= 0.3 is 24.3 Å². The molecule has 0 spiro atoms. The first-order chi connectivity index (χ1) is 25.0. The second-order valence-corrected chi connectivity index (χ2v) is 12.6. The Morgan fingerprint density at radius 1 is 0.717 bits per heavy atom. The third-order valence-electron chi connectivity index (χ3n) is 8.00. The van der Waals surface area contributed by atoms with E-state index in [2.05, 4.69) is 25.0 Å². The Morgan fingerprint density at radius 3 is 1.45 bits per heavy atom. The van der Waals surface area contributed by atoms with Crippen LogP contribution in [0.4, 0.5) is 38.0 Å². The van der Waals surface area contributed by atoms with Gasteiger partial charge in [-0.1, -0.05) is 33.5 Å². The maximum Gasteiger partial charge on any atom is 0.401 e. The van der Waals surface area contributed by atoms with Crippen molar-refractivity contribution in [1.29, 1.82) is 0 Å². The van der Waals surface area contributed by atoms with Crippen molar-refractivity contribution in [1.82, 2.24) is 30.1 Å². The molecule has 286 valence electrons. The summed E-state index contributed by atoms with van der Waals surface area (Å²) in [5, 5.41) is 16.9. The molecule has 22 heteroatoms. The van der Waals surface area contributed by atoms with Crippen LogP contribution in [0.3, 0.4) is 0 Å². The van der Waals surface area contributed by atoms with Crippen LogP contribution < -0.4 is 9.80 Å². The summed E-state index contributed by atoms with van der Waals surface area (Å²) in [6.45, 7) is 0.710. The summed E-state index contributed by atoms with van der Waals surface area (Å²) in [4.78, 5) is 37.1. The number of methoxy groups -OCH3 is 1. The SMILES string of the molecule is COC(=O)c1cc(-c2cnc(N3CCN(CC(F)(F)F)CC3)c(Cl)c2)no1.O=C(O)c1cc(-c2cnc(N3CCN(CC(F)(F)F)CC3)c(Cl)c2)no1. The van der Waals surface area contributed by atoms with Crippen LogP contribution in [0.25, 0.3) is 22.5 Å². The van der Waals surface area contributed by atoms with Crippen molar-refractivity contribution in [2.24, 2.45) is 0 Å². The van der Waals surface area contributed by atoms with Gasteiger partial charge in [-0.3, -0.25) is 9.80 Å². The number of rotatable bonds is 8. The number of ether oxygens (including phenoxy) is 1. The smallest absolute Gasteiger partial charge is 0.401 e. The number of carbonyl (C=O) groups is 2.